The van der Waals surface area contributed by atoms with E-state index in [-0.39, 0.29) is 5.69 Å². The van der Waals surface area contributed by atoms with E-state index in [2.05, 4.69) is 15.0 Å². The number of hydrogen-bond acceptors (Lipinski definition) is 3. The Bertz CT molecular complexity index is 773. The van der Waals surface area contributed by atoms with Gasteiger partial charge in [0, 0.05) is 17.3 Å². The van der Waals surface area contributed by atoms with Crippen LogP contribution in [0.5, 0.6) is 5.75 Å². The van der Waals surface area contributed by atoms with Crippen LogP contribution in [-0.4, -0.2) is 21.6 Å². The molecule has 5 heteroatoms. The number of fused-ring (bicyclic) bond motifs is 1. The minimum Gasteiger partial charge on any atom is -0.493 e. The van der Waals surface area contributed by atoms with Crippen molar-refractivity contribution < 1.29 is 4.74 Å². The van der Waals surface area contributed by atoms with Crippen molar-refractivity contribution in [1.82, 2.24) is 15.0 Å². The summed E-state index contributed by atoms with van der Waals surface area (Å²) >= 11 is 0. The molecule has 2 N–H and O–H groups in total. The number of nitrogens with zero attached hydrogens (tertiary/aromatic N) is 1. The molecular formula is C14H13N3O2. The third-order valence-electron chi connectivity index (χ3n) is 2.87. The summed E-state index contributed by atoms with van der Waals surface area (Å²) in [6.45, 7) is 2.55. The fourth-order valence-electron chi connectivity index (χ4n) is 2.05. The third kappa shape index (κ3) is 2.10. The van der Waals surface area contributed by atoms with Crippen LogP contribution in [0.2, 0.25) is 0 Å². The molecule has 0 atom stereocenters. The summed E-state index contributed by atoms with van der Waals surface area (Å²) in [6.07, 6.45) is 1.73. The Labute approximate surface area is 109 Å². The number of nitrogens with one attached hydrogen (secondary N) is 2. The third-order valence-corrected chi connectivity index (χ3v) is 2.87. The van der Waals surface area contributed by atoms with E-state index in [1.807, 2.05) is 37.3 Å². The first kappa shape index (κ1) is 11.5. The Kier molecular flexibility index (Phi) is 2.79. The Morgan fingerprint density at radius 2 is 2.11 bits per heavy atom. The lowest BCUT2D eigenvalue weighted by Crippen LogP contribution is -1.99. The molecule has 1 aromatic carbocycles. The van der Waals surface area contributed by atoms with Crippen LogP contribution in [0.25, 0.3) is 22.3 Å². The minimum atomic E-state index is -0.252. The molecule has 0 fully saturated rings. The molecule has 0 unspecified atom stereocenters. The Morgan fingerprint density at radius 3 is 2.95 bits per heavy atom. The lowest BCUT2D eigenvalue weighted by atomic mass is 10.1. The predicted octanol–water partition coefficient (Wildman–Crippen LogP) is 2.32. The number of para-hydroxylation sites is 1. The number of H-pyrrole nitrogens is 2. The van der Waals surface area contributed by atoms with Crippen molar-refractivity contribution in [1.29, 1.82) is 0 Å². The number of rotatable bonds is 3. The zero-order valence-electron chi connectivity index (χ0n) is 10.4. The second-order valence-corrected chi connectivity index (χ2v) is 4.13. The molecule has 2 heterocycles. The average Bonchev–Trinajstić information content (AvgIpc) is 2.79. The topological polar surface area (TPSA) is 70.8 Å². The fourth-order valence-corrected chi connectivity index (χ4v) is 2.05. The van der Waals surface area contributed by atoms with E-state index in [1.165, 1.54) is 0 Å². The van der Waals surface area contributed by atoms with Gasteiger partial charge in [-0.05, 0) is 19.1 Å². The van der Waals surface area contributed by atoms with Gasteiger partial charge in [-0.25, -0.2) is 9.78 Å². The number of imidazole rings is 1. The number of aromatic nitrogens is 3. The lowest BCUT2D eigenvalue weighted by Gasteiger charge is -2.09. The molecule has 19 heavy (non-hydrogen) atoms. The van der Waals surface area contributed by atoms with Gasteiger partial charge in [-0.3, -0.25) is 4.98 Å². The molecule has 0 aliphatic rings. The van der Waals surface area contributed by atoms with Crippen molar-refractivity contribution >= 4 is 11.2 Å². The van der Waals surface area contributed by atoms with Crippen LogP contribution in [0.15, 0.2) is 41.3 Å². The highest BCUT2D eigenvalue weighted by Crippen LogP contribution is 2.30. The maximum Gasteiger partial charge on any atom is 0.325 e. The summed E-state index contributed by atoms with van der Waals surface area (Å²) in [5.41, 5.74) is 2.86. The summed E-state index contributed by atoms with van der Waals surface area (Å²) in [6, 6.07) is 9.65. The van der Waals surface area contributed by atoms with E-state index < -0.39 is 0 Å². The van der Waals surface area contributed by atoms with Crippen LogP contribution >= 0.6 is 0 Å². The predicted molar refractivity (Wildman–Crippen MR) is 73.3 cm³/mol. The zero-order valence-corrected chi connectivity index (χ0v) is 10.4. The summed E-state index contributed by atoms with van der Waals surface area (Å²) in [4.78, 5) is 20.8. The van der Waals surface area contributed by atoms with Gasteiger partial charge >= 0.3 is 5.69 Å². The van der Waals surface area contributed by atoms with Gasteiger partial charge in [0.25, 0.3) is 0 Å². The highest BCUT2D eigenvalue weighted by Gasteiger charge is 2.08. The molecular weight excluding hydrogens is 242 g/mol. The average molecular weight is 255 g/mol. The molecule has 3 rings (SSSR count). The van der Waals surface area contributed by atoms with Crippen LogP contribution in [-0.2, 0) is 0 Å². The van der Waals surface area contributed by atoms with Crippen molar-refractivity contribution in [2.75, 3.05) is 6.61 Å². The maximum absolute atomic E-state index is 11.2. The number of aromatic amines is 2. The van der Waals surface area contributed by atoms with E-state index in [0.29, 0.717) is 17.8 Å². The minimum absolute atomic E-state index is 0.252. The smallest absolute Gasteiger partial charge is 0.325 e. The van der Waals surface area contributed by atoms with Gasteiger partial charge in [0.2, 0.25) is 0 Å². The number of hydrogen-bond donors (Lipinski definition) is 2. The van der Waals surface area contributed by atoms with Gasteiger partial charge in [0.15, 0.2) is 5.65 Å². The number of pyridine rings is 1. The van der Waals surface area contributed by atoms with E-state index in [4.69, 9.17) is 4.74 Å². The highest BCUT2D eigenvalue weighted by atomic mass is 16.5. The molecule has 0 saturated heterocycles. The molecule has 0 amide bonds. The fraction of sp³-hybridized carbons (Fsp3) is 0.143. The molecule has 2 aromatic heterocycles. The number of ether oxygens (including phenoxy) is 1. The SMILES string of the molecule is CCOc1ccccc1-c1cnc2[nH]c(=O)[nH]c2c1. The molecule has 0 radical (unpaired) electrons. The second-order valence-electron chi connectivity index (χ2n) is 4.13. The van der Waals surface area contributed by atoms with Gasteiger partial charge in [0.05, 0.1) is 12.1 Å². The van der Waals surface area contributed by atoms with Crippen LogP contribution in [0.3, 0.4) is 0 Å². The monoisotopic (exact) mass is 255 g/mol. The normalized spacial score (nSPS) is 10.8. The maximum atomic E-state index is 11.2. The molecule has 0 aliphatic heterocycles. The first-order chi connectivity index (χ1) is 9.28. The zero-order chi connectivity index (χ0) is 13.2. The lowest BCUT2D eigenvalue weighted by molar-refractivity contribution is 0.341. The van der Waals surface area contributed by atoms with Crippen molar-refractivity contribution in [3.63, 3.8) is 0 Å². The summed E-state index contributed by atoms with van der Waals surface area (Å²) in [7, 11) is 0. The number of benzene rings is 1. The first-order valence-electron chi connectivity index (χ1n) is 6.08. The highest BCUT2D eigenvalue weighted by molar-refractivity contribution is 5.79. The second kappa shape index (κ2) is 4.61. The van der Waals surface area contributed by atoms with Crippen molar-refractivity contribution in [3.8, 4) is 16.9 Å². The molecule has 5 nitrogen and oxygen atoms in total. The van der Waals surface area contributed by atoms with Crippen LogP contribution in [0.4, 0.5) is 0 Å². The van der Waals surface area contributed by atoms with E-state index in [9.17, 15) is 4.79 Å². The quantitative estimate of drug-likeness (QED) is 0.754. The van der Waals surface area contributed by atoms with Gasteiger partial charge in [-0.2, -0.15) is 0 Å². The molecule has 3 aromatic rings. The Balaban J connectivity index is 2.15. The van der Waals surface area contributed by atoms with Gasteiger partial charge in [-0.15, -0.1) is 0 Å². The van der Waals surface area contributed by atoms with Crippen LogP contribution in [0.1, 0.15) is 6.92 Å². The summed E-state index contributed by atoms with van der Waals surface area (Å²) in [5.74, 6) is 0.809. The van der Waals surface area contributed by atoms with Crippen LogP contribution < -0.4 is 10.4 Å². The Morgan fingerprint density at radius 1 is 1.26 bits per heavy atom. The van der Waals surface area contributed by atoms with Crippen LogP contribution in [0, 0.1) is 0 Å². The molecule has 0 saturated carbocycles. The molecule has 0 aliphatic carbocycles. The molecule has 0 spiro atoms. The molecule has 0 bridgehead atoms. The molecule has 96 valence electrons. The van der Waals surface area contributed by atoms with Crippen molar-refractivity contribution in [2.24, 2.45) is 0 Å². The van der Waals surface area contributed by atoms with Gasteiger partial charge in [0.1, 0.15) is 5.75 Å². The van der Waals surface area contributed by atoms with Gasteiger partial charge < -0.3 is 9.72 Å². The van der Waals surface area contributed by atoms with Gasteiger partial charge in [-0.1, -0.05) is 18.2 Å². The standard InChI is InChI=1S/C14H13N3O2/c1-2-19-12-6-4-3-5-10(12)9-7-11-13(15-8-9)17-14(18)16-11/h3-8H,2H2,1H3,(H2,15,16,17,18). The van der Waals surface area contributed by atoms with Crippen molar-refractivity contribution in [3.05, 3.63) is 47.0 Å². The Hall–Kier alpha value is -2.56. The summed E-state index contributed by atoms with van der Waals surface area (Å²) in [5, 5.41) is 0. The largest absolute Gasteiger partial charge is 0.493 e. The van der Waals surface area contributed by atoms with E-state index >= 15 is 0 Å². The first-order valence-corrected chi connectivity index (χ1v) is 6.08. The van der Waals surface area contributed by atoms with Crippen molar-refractivity contribution in [2.45, 2.75) is 6.92 Å². The summed E-state index contributed by atoms with van der Waals surface area (Å²) < 4.78 is 5.60. The van der Waals surface area contributed by atoms with E-state index in [1.54, 1.807) is 6.20 Å². The van der Waals surface area contributed by atoms with E-state index in [0.717, 1.165) is 16.9 Å².